The molecule has 0 bridgehead atoms. The summed E-state index contributed by atoms with van der Waals surface area (Å²) in [7, 11) is 1.36. The average Bonchev–Trinajstić information content (AvgIpc) is 3.10. The number of thioether (sulfide) groups is 1. The summed E-state index contributed by atoms with van der Waals surface area (Å²) in [4.78, 5) is 32.4. The van der Waals surface area contributed by atoms with E-state index in [0.29, 0.717) is 10.5 Å². The Labute approximate surface area is 187 Å². The number of amidine groups is 1. The minimum Gasteiger partial charge on any atom is -0.465 e. The number of ether oxygens (including phenoxy) is 1. The van der Waals surface area contributed by atoms with E-state index in [1.807, 2.05) is 54.3 Å². The molecule has 2 aromatic rings. The largest absolute Gasteiger partial charge is 0.465 e. The average molecular weight is 435 g/mol. The van der Waals surface area contributed by atoms with Crippen molar-refractivity contribution >= 4 is 40.6 Å². The molecule has 2 aromatic carbocycles. The zero-order chi connectivity index (χ0) is 21.8. The van der Waals surface area contributed by atoms with Gasteiger partial charge in [-0.1, -0.05) is 49.1 Å². The SMILES string of the molecule is COC(=O)c1ccc(/C=C2/SC(=Nc3ccc(C)cc3)N(C3CCCCC3)C2=O)cc1. The maximum absolute atomic E-state index is 13.4. The van der Waals surface area contributed by atoms with E-state index < -0.39 is 0 Å². The minimum absolute atomic E-state index is 0.0137. The molecule has 2 aliphatic rings. The Hall–Kier alpha value is -2.86. The van der Waals surface area contributed by atoms with Crippen LogP contribution in [0.25, 0.3) is 6.08 Å². The van der Waals surface area contributed by atoms with E-state index >= 15 is 0 Å². The van der Waals surface area contributed by atoms with Crippen molar-refractivity contribution in [2.24, 2.45) is 4.99 Å². The molecule has 1 aliphatic heterocycles. The summed E-state index contributed by atoms with van der Waals surface area (Å²) < 4.78 is 4.75. The number of hydrogen-bond acceptors (Lipinski definition) is 5. The van der Waals surface area contributed by atoms with Gasteiger partial charge in [-0.15, -0.1) is 0 Å². The van der Waals surface area contributed by atoms with Crippen LogP contribution in [0.4, 0.5) is 5.69 Å². The second-order valence-electron chi connectivity index (χ2n) is 7.92. The molecule has 0 spiro atoms. The molecule has 31 heavy (non-hydrogen) atoms. The van der Waals surface area contributed by atoms with Crippen LogP contribution in [0.2, 0.25) is 0 Å². The topological polar surface area (TPSA) is 59.0 Å². The van der Waals surface area contributed by atoms with Gasteiger partial charge < -0.3 is 4.74 Å². The highest BCUT2D eigenvalue weighted by molar-refractivity contribution is 8.18. The fourth-order valence-electron chi connectivity index (χ4n) is 3.94. The molecule has 1 amide bonds. The fourth-order valence-corrected chi connectivity index (χ4v) is 5.00. The van der Waals surface area contributed by atoms with Crippen molar-refractivity contribution in [2.45, 2.75) is 45.1 Å². The molecule has 4 rings (SSSR count). The normalized spacial score (nSPS) is 19.9. The number of esters is 1. The van der Waals surface area contributed by atoms with Crippen LogP contribution in [-0.2, 0) is 9.53 Å². The minimum atomic E-state index is -0.374. The van der Waals surface area contributed by atoms with Gasteiger partial charge in [-0.25, -0.2) is 9.79 Å². The predicted molar refractivity (Wildman–Crippen MR) is 125 cm³/mol. The second kappa shape index (κ2) is 9.52. The van der Waals surface area contributed by atoms with E-state index in [-0.39, 0.29) is 17.9 Å². The van der Waals surface area contributed by atoms with Crippen molar-refractivity contribution in [1.82, 2.24) is 4.90 Å². The first-order chi connectivity index (χ1) is 15.0. The third-order valence-corrected chi connectivity index (χ3v) is 6.65. The van der Waals surface area contributed by atoms with Crippen LogP contribution >= 0.6 is 11.8 Å². The van der Waals surface area contributed by atoms with Crippen molar-refractivity contribution < 1.29 is 14.3 Å². The highest BCUT2D eigenvalue weighted by atomic mass is 32.2. The van der Waals surface area contributed by atoms with Gasteiger partial charge in [0, 0.05) is 6.04 Å². The molecule has 6 heteroatoms. The standard InChI is InChI=1S/C25H26N2O3S/c1-17-8-14-20(15-9-17)26-25-27(21-6-4-3-5-7-21)23(28)22(31-25)16-18-10-12-19(13-11-18)24(29)30-2/h8-16,21H,3-7H2,1-2H3/b22-16+,26-25?. The quantitative estimate of drug-likeness (QED) is 0.456. The van der Waals surface area contributed by atoms with Gasteiger partial charge in [-0.05, 0) is 67.4 Å². The van der Waals surface area contributed by atoms with Crippen LogP contribution < -0.4 is 0 Å². The Morgan fingerprint density at radius 1 is 1.06 bits per heavy atom. The lowest BCUT2D eigenvalue weighted by Gasteiger charge is -2.30. The van der Waals surface area contributed by atoms with Crippen LogP contribution in [0.1, 0.15) is 53.6 Å². The van der Waals surface area contributed by atoms with Crippen molar-refractivity contribution in [3.05, 3.63) is 70.1 Å². The van der Waals surface area contributed by atoms with Gasteiger partial charge in [0.05, 0.1) is 23.3 Å². The summed E-state index contributed by atoms with van der Waals surface area (Å²) in [5.74, 6) is -0.360. The summed E-state index contributed by atoms with van der Waals surface area (Å²) in [6.07, 6.45) is 7.42. The summed E-state index contributed by atoms with van der Waals surface area (Å²) in [6.45, 7) is 2.05. The first kappa shape index (κ1) is 21.4. The van der Waals surface area contributed by atoms with Gasteiger partial charge in [-0.2, -0.15) is 0 Å². The molecule has 1 aliphatic carbocycles. The zero-order valence-corrected chi connectivity index (χ0v) is 18.7. The number of nitrogens with zero attached hydrogens (tertiary/aromatic N) is 2. The number of carbonyl (C=O) groups excluding carboxylic acids is 2. The fraction of sp³-hybridized carbons (Fsp3) is 0.320. The number of benzene rings is 2. The number of amides is 1. The Balaban J connectivity index is 1.64. The van der Waals surface area contributed by atoms with E-state index in [0.717, 1.165) is 42.1 Å². The Morgan fingerprint density at radius 2 is 1.74 bits per heavy atom. The third kappa shape index (κ3) is 4.90. The Kier molecular flexibility index (Phi) is 6.56. The summed E-state index contributed by atoms with van der Waals surface area (Å²) >= 11 is 1.43. The molecule has 0 aromatic heterocycles. The zero-order valence-electron chi connectivity index (χ0n) is 17.8. The maximum atomic E-state index is 13.4. The maximum Gasteiger partial charge on any atom is 0.337 e. The Bertz CT molecular complexity index is 1020. The van der Waals surface area contributed by atoms with Gasteiger partial charge >= 0.3 is 5.97 Å². The van der Waals surface area contributed by atoms with Crippen LogP contribution in [0, 0.1) is 6.92 Å². The molecule has 5 nitrogen and oxygen atoms in total. The van der Waals surface area contributed by atoms with Crippen molar-refractivity contribution in [3.8, 4) is 0 Å². The van der Waals surface area contributed by atoms with Gasteiger partial charge in [0.15, 0.2) is 5.17 Å². The summed E-state index contributed by atoms with van der Waals surface area (Å²) in [5, 5.41) is 0.748. The number of aryl methyl sites for hydroxylation is 1. The first-order valence-electron chi connectivity index (χ1n) is 10.6. The molecule has 2 fully saturated rings. The van der Waals surface area contributed by atoms with E-state index in [1.54, 1.807) is 12.1 Å². The summed E-state index contributed by atoms with van der Waals surface area (Å²) in [5.41, 5.74) is 3.38. The monoisotopic (exact) mass is 434 g/mol. The number of methoxy groups -OCH3 is 1. The molecular weight excluding hydrogens is 408 g/mol. The van der Waals surface area contributed by atoms with Crippen molar-refractivity contribution in [3.63, 3.8) is 0 Å². The van der Waals surface area contributed by atoms with Gasteiger partial charge in [-0.3, -0.25) is 9.69 Å². The molecule has 0 N–H and O–H groups in total. The number of hydrogen-bond donors (Lipinski definition) is 0. The third-order valence-electron chi connectivity index (χ3n) is 5.67. The molecule has 0 unspecified atom stereocenters. The van der Waals surface area contributed by atoms with Crippen LogP contribution in [0.3, 0.4) is 0 Å². The number of carbonyl (C=O) groups is 2. The van der Waals surface area contributed by atoms with Crippen LogP contribution in [0.5, 0.6) is 0 Å². The molecule has 1 heterocycles. The molecule has 160 valence electrons. The number of aliphatic imine (C=N–C) groups is 1. The van der Waals surface area contributed by atoms with E-state index in [2.05, 4.69) is 0 Å². The first-order valence-corrected chi connectivity index (χ1v) is 11.4. The Morgan fingerprint density at radius 3 is 2.39 bits per heavy atom. The molecular formula is C25H26N2O3S. The number of rotatable bonds is 4. The lowest BCUT2D eigenvalue weighted by molar-refractivity contribution is -0.124. The molecule has 0 atom stereocenters. The highest BCUT2D eigenvalue weighted by Gasteiger charge is 2.38. The van der Waals surface area contributed by atoms with Gasteiger partial charge in [0.25, 0.3) is 5.91 Å². The van der Waals surface area contributed by atoms with E-state index in [9.17, 15) is 9.59 Å². The molecule has 0 radical (unpaired) electrons. The van der Waals surface area contributed by atoms with Gasteiger partial charge in [0.1, 0.15) is 0 Å². The highest BCUT2D eigenvalue weighted by Crippen LogP contribution is 2.38. The van der Waals surface area contributed by atoms with E-state index in [1.165, 1.54) is 30.9 Å². The van der Waals surface area contributed by atoms with Crippen LogP contribution in [-0.4, -0.2) is 35.1 Å². The smallest absolute Gasteiger partial charge is 0.337 e. The second-order valence-corrected chi connectivity index (χ2v) is 8.93. The van der Waals surface area contributed by atoms with Gasteiger partial charge in [0.2, 0.25) is 0 Å². The molecule has 1 saturated carbocycles. The molecule has 1 saturated heterocycles. The van der Waals surface area contributed by atoms with Crippen molar-refractivity contribution in [2.75, 3.05) is 7.11 Å². The lowest BCUT2D eigenvalue weighted by atomic mass is 9.94. The summed E-state index contributed by atoms with van der Waals surface area (Å²) in [6, 6.07) is 15.3. The van der Waals surface area contributed by atoms with Crippen LogP contribution in [0.15, 0.2) is 58.4 Å². The predicted octanol–water partition coefficient (Wildman–Crippen LogP) is 5.72. The van der Waals surface area contributed by atoms with Crippen molar-refractivity contribution in [1.29, 1.82) is 0 Å². The lowest BCUT2D eigenvalue weighted by Crippen LogP contribution is -2.40. The van der Waals surface area contributed by atoms with E-state index in [4.69, 9.17) is 9.73 Å².